The molecule has 0 aliphatic carbocycles. The van der Waals surface area contributed by atoms with Crippen LogP contribution in [0.4, 0.5) is 0 Å². The third kappa shape index (κ3) is 4.46. The third-order valence-corrected chi connectivity index (χ3v) is 5.51. The zero-order valence-electron chi connectivity index (χ0n) is 17.3. The summed E-state index contributed by atoms with van der Waals surface area (Å²) in [6.07, 6.45) is -1.44. The molecule has 4 rings (SSSR count). The van der Waals surface area contributed by atoms with E-state index in [1.165, 1.54) is 0 Å². The van der Waals surface area contributed by atoms with Gasteiger partial charge in [-0.1, -0.05) is 41.9 Å². The molecule has 0 unspecified atom stereocenters. The van der Waals surface area contributed by atoms with Crippen molar-refractivity contribution in [3.8, 4) is 17.0 Å². The minimum Gasteiger partial charge on any atom is -0.471 e. The summed E-state index contributed by atoms with van der Waals surface area (Å²) in [5, 5.41) is 18.1. The Morgan fingerprint density at radius 3 is 2.78 bits per heavy atom. The Morgan fingerprint density at radius 1 is 1.25 bits per heavy atom. The van der Waals surface area contributed by atoms with Gasteiger partial charge in [0.25, 0.3) is 5.91 Å². The second-order valence-corrected chi connectivity index (χ2v) is 7.66. The molecule has 2 atom stereocenters. The fourth-order valence-corrected chi connectivity index (χ4v) is 3.77. The van der Waals surface area contributed by atoms with Crippen LogP contribution < -0.4 is 10.1 Å². The first kappa shape index (κ1) is 21.9. The first-order chi connectivity index (χ1) is 15.5. The molecule has 32 heavy (non-hydrogen) atoms. The lowest BCUT2D eigenvalue weighted by molar-refractivity contribution is -0.154. The van der Waals surface area contributed by atoms with Crippen LogP contribution in [0.15, 0.2) is 54.6 Å². The Balaban J connectivity index is 1.58. The molecule has 1 aliphatic rings. The summed E-state index contributed by atoms with van der Waals surface area (Å²) in [6, 6.07) is 15.2. The van der Waals surface area contributed by atoms with Gasteiger partial charge in [-0.2, -0.15) is 5.10 Å². The van der Waals surface area contributed by atoms with Gasteiger partial charge in [0, 0.05) is 10.6 Å². The first-order valence-corrected chi connectivity index (χ1v) is 10.5. The van der Waals surface area contributed by atoms with Gasteiger partial charge in [-0.25, -0.2) is 9.48 Å². The molecule has 0 bridgehead atoms. The molecule has 0 saturated heterocycles. The van der Waals surface area contributed by atoms with E-state index in [0.717, 1.165) is 11.3 Å². The number of aliphatic hydroxyl groups is 1. The number of halogens is 1. The Kier molecular flexibility index (Phi) is 6.43. The summed E-state index contributed by atoms with van der Waals surface area (Å²) < 4.78 is 12.2. The van der Waals surface area contributed by atoms with Crippen LogP contribution in [0, 0.1) is 0 Å². The van der Waals surface area contributed by atoms with Gasteiger partial charge in [0.15, 0.2) is 18.5 Å². The van der Waals surface area contributed by atoms with Crippen LogP contribution in [0.5, 0.6) is 5.75 Å². The van der Waals surface area contributed by atoms with Gasteiger partial charge in [-0.15, -0.1) is 0 Å². The second-order valence-electron chi connectivity index (χ2n) is 7.26. The molecular weight excluding hydrogens is 434 g/mol. The number of rotatable bonds is 7. The predicted molar refractivity (Wildman–Crippen MR) is 117 cm³/mol. The maximum atomic E-state index is 13.0. The number of carbonyl (C=O) groups excluding carboxylic acids is 2. The highest BCUT2D eigenvalue weighted by Gasteiger charge is 2.31. The van der Waals surface area contributed by atoms with Gasteiger partial charge in [0.05, 0.1) is 18.3 Å². The largest absolute Gasteiger partial charge is 0.471 e. The maximum Gasteiger partial charge on any atom is 0.337 e. The van der Waals surface area contributed by atoms with E-state index in [9.17, 15) is 14.7 Å². The average molecular weight is 456 g/mol. The Bertz CT molecular complexity index is 1150. The third-order valence-electron chi connectivity index (χ3n) is 5.14. The molecule has 2 aromatic carbocycles. The summed E-state index contributed by atoms with van der Waals surface area (Å²) in [7, 11) is 0. The van der Waals surface area contributed by atoms with Gasteiger partial charge in [-0.3, -0.25) is 4.79 Å². The molecule has 166 valence electrons. The van der Waals surface area contributed by atoms with Crippen molar-refractivity contribution in [1.82, 2.24) is 15.1 Å². The minimum absolute atomic E-state index is 0.107. The van der Waals surface area contributed by atoms with Crippen LogP contribution in [-0.2, 0) is 22.7 Å². The monoisotopic (exact) mass is 455 g/mol. The van der Waals surface area contributed by atoms with Crippen LogP contribution in [-0.4, -0.2) is 45.5 Å². The van der Waals surface area contributed by atoms with Crippen molar-refractivity contribution >= 4 is 23.5 Å². The summed E-state index contributed by atoms with van der Waals surface area (Å²) in [5.41, 5.74) is 2.38. The lowest BCUT2D eigenvalue weighted by Gasteiger charge is -2.23. The molecule has 8 nitrogen and oxygen atoms in total. The number of para-hydroxylation sites is 1. The van der Waals surface area contributed by atoms with Crippen molar-refractivity contribution in [3.63, 3.8) is 0 Å². The molecule has 0 fully saturated rings. The first-order valence-electron chi connectivity index (χ1n) is 10.2. The second kappa shape index (κ2) is 9.42. The summed E-state index contributed by atoms with van der Waals surface area (Å²) in [4.78, 5) is 25.2. The van der Waals surface area contributed by atoms with Crippen LogP contribution in [0.25, 0.3) is 11.3 Å². The fraction of sp³-hybridized carbons (Fsp3) is 0.261. The molecule has 0 spiro atoms. The number of fused-ring (bicyclic) bond motifs is 3. The highest BCUT2D eigenvalue weighted by molar-refractivity contribution is 6.31. The molecule has 2 N–H and O–H groups in total. The minimum atomic E-state index is -1.57. The Labute approximate surface area is 189 Å². The maximum absolute atomic E-state index is 13.0. The van der Waals surface area contributed by atoms with E-state index in [1.54, 1.807) is 41.9 Å². The summed E-state index contributed by atoms with van der Waals surface area (Å²) >= 11 is 6.24. The number of aliphatic hydroxyl groups excluding tert-OH is 1. The van der Waals surface area contributed by atoms with Crippen molar-refractivity contribution in [2.24, 2.45) is 0 Å². The van der Waals surface area contributed by atoms with Crippen molar-refractivity contribution in [2.75, 3.05) is 6.61 Å². The molecule has 9 heteroatoms. The lowest BCUT2D eigenvalue weighted by Crippen LogP contribution is -2.49. The lowest BCUT2D eigenvalue weighted by atomic mass is 10.0. The quantitative estimate of drug-likeness (QED) is 0.531. The number of hydrogen-bond acceptors (Lipinski definition) is 6. The number of benzene rings is 2. The van der Waals surface area contributed by atoms with Gasteiger partial charge < -0.3 is 19.9 Å². The molecule has 1 aliphatic heterocycles. The molecule has 1 aromatic heterocycles. The molecule has 0 radical (unpaired) electrons. The van der Waals surface area contributed by atoms with E-state index in [1.807, 2.05) is 24.3 Å². The molecule has 0 saturated carbocycles. The predicted octanol–water partition coefficient (Wildman–Crippen LogP) is 2.82. The fourth-order valence-electron chi connectivity index (χ4n) is 3.55. The summed E-state index contributed by atoms with van der Waals surface area (Å²) in [5.74, 6) is -0.651. The highest BCUT2D eigenvalue weighted by atomic mass is 35.5. The summed E-state index contributed by atoms with van der Waals surface area (Å²) in [6.45, 7) is 1.92. The van der Waals surface area contributed by atoms with Gasteiger partial charge >= 0.3 is 5.97 Å². The topological polar surface area (TPSA) is 103 Å². The highest BCUT2D eigenvalue weighted by Crippen LogP contribution is 2.34. The number of nitrogens with zero attached hydrogens (tertiary/aromatic N) is 2. The van der Waals surface area contributed by atoms with Crippen LogP contribution in [0.1, 0.15) is 23.0 Å². The molecule has 3 aromatic rings. The van der Waals surface area contributed by atoms with E-state index >= 15 is 0 Å². The molecular formula is C23H22ClN3O5. The number of hydrogen-bond donors (Lipinski definition) is 2. The van der Waals surface area contributed by atoms with E-state index in [2.05, 4.69) is 10.4 Å². The van der Waals surface area contributed by atoms with Gasteiger partial charge in [0.2, 0.25) is 0 Å². The van der Waals surface area contributed by atoms with Crippen molar-refractivity contribution in [2.45, 2.75) is 32.2 Å². The van der Waals surface area contributed by atoms with E-state index in [4.69, 9.17) is 21.1 Å². The number of nitrogens with one attached hydrogen (secondary N) is 1. The molecule has 1 amide bonds. The van der Waals surface area contributed by atoms with Gasteiger partial charge in [0.1, 0.15) is 5.75 Å². The Morgan fingerprint density at radius 2 is 2.00 bits per heavy atom. The number of ether oxygens (including phenoxy) is 2. The normalized spacial score (nSPS) is 13.8. The molecule has 2 heterocycles. The van der Waals surface area contributed by atoms with E-state index in [0.29, 0.717) is 16.3 Å². The number of esters is 1. The number of carbonyl (C=O) groups is 2. The smallest absolute Gasteiger partial charge is 0.337 e. The zero-order chi connectivity index (χ0) is 22.7. The standard InChI is InChI=1S/C23H22ClN3O5/c1-2-31-23(30)21(28)17(11-14-7-3-5-9-16(14)24)25-22(29)18-12-19-15-8-4-6-10-20(15)32-13-27(19)26-18/h3-10,12,17,21,28H,2,11,13H2,1H3,(H,25,29)/t17-,21-/m1/s1. The van der Waals surface area contributed by atoms with Crippen LogP contribution >= 0.6 is 11.6 Å². The van der Waals surface area contributed by atoms with Crippen LogP contribution in [0.3, 0.4) is 0 Å². The van der Waals surface area contributed by atoms with Gasteiger partial charge in [-0.05, 0) is 43.2 Å². The zero-order valence-corrected chi connectivity index (χ0v) is 18.1. The number of aromatic nitrogens is 2. The van der Waals surface area contributed by atoms with Crippen LogP contribution in [0.2, 0.25) is 5.02 Å². The van der Waals surface area contributed by atoms with Crippen molar-refractivity contribution < 1.29 is 24.2 Å². The SMILES string of the molecule is CCOC(=O)[C@H](O)[C@@H](Cc1ccccc1Cl)NC(=O)c1cc2n(n1)COc1ccccc1-2. The van der Waals surface area contributed by atoms with Crippen molar-refractivity contribution in [1.29, 1.82) is 0 Å². The Hall–Kier alpha value is -3.36. The average Bonchev–Trinajstić information content (AvgIpc) is 3.25. The van der Waals surface area contributed by atoms with Crippen molar-refractivity contribution in [3.05, 3.63) is 70.9 Å². The van der Waals surface area contributed by atoms with E-state index in [-0.39, 0.29) is 25.5 Å². The van der Waals surface area contributed by atoms with E-state index < -0.39 is 24.0 Å². The number of amides is 1.